The number of nitrogens with one attached hydrogen (secondary N) is 1. The Morgan fingerprint density at radius 2 is 2.06 bits per heavy atom. The minimum atomic E-state index is -0.325. The summed E-state index contributed by atoms with van der Waals surface area (Å²) in [6.45, 7) is 3.90. The highest BCUT2D eigenvalue weighted by molar-refractivity contribution is 5.75. The molecule has 0 amide bonds. The van der Waals surface area contributed by atoms with Crippen molar-refractivity contribution < 1.29 is 14.3 Å². The van der Waals surface area contributed by atoms with Crippen molar-refractivity contribution in [3.8, 4) is 0 Å². The van der Waals surface area contributed by atoms with E-state index in [0.29, 0.717) is 12.5 Å². The van der Waals surface area contributed by atoms with Gasteiger partial charge in [-0.25, -0.2) is 0 Å². The summed E-state index contributed by atoms with van der Waals surface area (Å²) in [6, 6.07) is -0.325. The highest BCUT2D eigenvalue weighted by atomic mass is 16.5. The number of likely N-dealkylation sites (N-methyl/N-ethyl adjacent to an activating group) is 1. The van der Waals surface area contributed by atoms with Crippen LogP contribution in [0, 0.1) is 5.92 Å². The molecular formula is C13H25NO3. The van der Waals surface area contributed by atoms with E-state index in [9.17, 15) is 4.79 Å². The predicted molar refractivity (Wildman–Crippen MR) is 66.9 cm³/mol. The molecule has 0 aromatic rings. The summed E-state index contributed by atoms with van der Waals surface area (Å²) in [6.07, 6.45) is 6.54. The average molecular weight is 243 g/mol. The summed E-state index contributed by atoms with van der Waals surface area (Å²) in [5.74, 6) is 0.444. The van der Waals surface area contributed by atoms with Crippen molar-refractivity contribution >= 4 is 5.97 Å². The van der Waals surface area contributed by atoms with Crippen molar-refractivity contribution in [1.82, 2.24) is 5.32 Å². The molecule has 0 aliphatic heterocycles. The molecule has 1 fully saturated rings. The van der Waals surface area contributed by atoms with Crippen LogP contribution >= 0.6 is 0 Å². The maximum Gasteiger partial charge on any atom is 0.325 e. The Hall–Kier alpha value is -0.610. The first-order chi connectivity index (χ1) is 8.27. The maximum atomic E-state index is 11.4. The van der Waals surface area contributed by atoms with Crippen LogP contribution in [0.5, 0.6) is 0 Å². The molecule has 1 aliphatic carbocycles. The maximum absolute atomic E-state index is 11.4. The molecule has 1 unspecified atom stereocenters. The lowest BCUT2D eigenvalue weighted by Crippen LogP contribution is -2.41. The van der Waals surface area contributed by atoms with Crippen LogP contribution in [0.1, 0.15) is 39.0 Å². The second-order valence-corrected chi connectivity index (χ2v) is 4.67. The molecule has 1 saturated carbocycles. The number of ether oxygens (including phenoxy) is 2. The standard InChI is InChI=1S/C13H25NO3/c1-3-14-12(13(15)16-2)10-17-9-11-7-5-4-6-8-11/h11-12,14H,3-10H2,1-2H3. The first kappa shape index (κ1) is 14.5. The van der Waals surface area contributed by atoms with Gasteiger partial charge in [-0.1, -0.05) is 26.2 Å². The molecule has 0 saturated heterocycles. The quantitative estimate of drug-likeness (QED) is 0.692. The lowest BCUT2D eigenvalue weighted by molar-refractivity contribution is -0.145. The van der Waals surface area contributed by atoms with Crippen LogP contribution in [0.2, 0.25) is 0 Å². The van der Waals surface area contributed by atoms with Gasteiger partial charge in [-0.05, 0) is 25.3 Å². The van der Waals surface area contributed by atoms with Crippen molar-refractivity contribution in [2.24, 2.45) is 5.92 Å². The summed E-state index contributed by atoms with van der Waals surface area (Å²) >= 11 is 0. The van der Waals surface area contributed by atoms with E-state index in [-0.39, 0.29) is 12.0 Å². The largest absolute Gasteiger partial charge is 0.468 e. The van der Waals surface area contributed by atoms with E-state index >= 15 is 0 Å². The van der Waals surface area contributed by atoms with Gasteiger partial charge in [0.1, 0.15) is 6.04 Å². The van der Waals surface area contributed by atoms with Crippen LogP contribution < -0.4 is 5.32 Å². The van der Waals surface area contributed by atoms with Crippen LogP contribution in [0.4, 0.5) is 0 Å². The molecular weight excluding hydrogens is 218 g/mol. The van der Waals surface area contributed by atoms with Crippen molar-refractivity contribution in [2.75, 3.05) is 26.9 Å². The Balaban J connectivity index is 2.18. The third-order valence-corrected chi connectivity index (χ3v) is 3.30. The number of carbonyl (C=O) groups excluding carboxylic acids is 1. The minimum absolute atomic E-state index is 0.240. The van der Waals surface area contributed by atoms with Crippen LogP contribution in [0.15, 0.2) is 0 Å². The Bertz CT molecular complexity index is 215. The molecule has 0 radical (unpaired) electrons. The smallest absolute Gasteiger partial charge is 0.325 e. The normalized spacial score (nSPS) is 18.9. The van der Waals surface area contributed by atoms with Gasteiger partial charge < -0.3 is 14.8 Å². The Labute approximate surface area is 104 Å². The van der Waals surface area contributed by atoms with Gasteiger partial charge in [-0.2, -0.15) is 0 Å². The lowest BCUT2D eigenvalue weighted by atomic mass is 9.90. The zero-order valence-corrected chi connectivity index (χ0v) is 11.0. The average Bonchev–Trinajstić information content (AvgIpc) is 2.38. The molecule has 0 heterocycles. The molecule has 1 rings (SSSR count). The first-order valence-corrected chi connectivity index (χ1v) is 6.66. The van der Waals surface area contributed by atoms with Crippen molar-refractivity contribution in [3.05, 3.63) is 0 Å². The molecule has 1 atom stereocenters. The Morgan fingerprint density at radius 3 is 2.65 bits per heavy atom. The molecule has 17 heavy (non-hydrogen) atoms. The fourth-order valence-corrected chi connectivity index (χ4v) is 2.31. The van der Waals surface area contributed by atoms with Crippen molar-refractivity contribution in [2.45, 2.75) is 45.1 Å². The van der Waals surface area contributed by atoms with Crippen LogP contribution in [-0.4, -0.2) is 38.9 Å². The third-order valence-electron chi connectivity index (χ3n) is 3.30. The molecule has 0 aromatic carbocycles. The SMILES string of the molecule is CCNC(COCC1CCCCC1)C(=O)OC. The van der Waals surface area contributed by atoms with Gasteiger partial charge in [-0.3, -0.25) is 4.79 Å². The highest BCUT2D eigenvalue weighted by Gasteiger charge is 2.19. The summed E-state index contributed by atoms with van der Waals surface area (Å²) < 4.78 is 10.4. The van der Waals surface area contributed by atoms with Crippen LogP contribution in [-0.2, 0) is 14.3 Å². The number of carbonyl (C=O) groups is 1. The number of methoxy groups -OCH3 is 1. The summed E-state index contributed by atoms with van der Waals surface area (Å²) in [4.78, 5) is 11.4. The van der Waals surface area contributed by atoms with Crippen molar-refractivity contribution in [3.63, 3.8) is 0 Å². The van der Waals surface area contributed by atoms with Gasteiger partial charge in [0, 0.05) is 6.61 Å². The molecule has 0 bridgehead atoms. The third kappa shape index (κ3) is 5.50. The van der Waals surface area contributed by atoms with Gasteiger partial charge in [0.25, 0.3) is 0 Å². The van der Waals surface area contributed by atoms with E-state index in [1.54, 1.807) is 0 Å². The molecule has 1 aliphatic rings. The van der Waals surface area contributed by atoms with Gasteiger partial charge in [-0.15, -0.1) is 0 Å². The van der Waals surface area contributed by atoms with E-state index in [4.69, 9.17) is 9.47 Å². The van der Waals surface area contributed by atoms with E-state index in [1.807, 2.05) is 6.92 Å². The molecule has 100 valence electrons. The minimum Gasteiger partial charge on any atom is -0.468 e. The van der Waals surface area contributed by atoms with E-state index < -0.39 is 0 Å². The number of rotatable bonds is 7. The zero-order valence-electron chi connectivity index (χ0n) is 11.0. The summed E-state index contributed by atoms with van der Waals surface area (Å²) in [5, 5.41) is 3.07. The fourth-order valence-electron chi connectivity index (χ4n) is 2.31. The summed E-state index contributed by atoms with van der Waals surface area (Å²) in [5.41, 5.74) is 0. The van der Waals surface area contributed by atoms with Gasteiger partial charge >= 0.3 is 5.97 Å². The monoisotopic (exact) mass is 243 g/mol. The second kappa shape index (κ2) is 8.48. The molecule has 4 nitrogen and oxygen atoms in total. The Morgan fingerprint density at radius 1 is 1.35 bits per heavy atom. The van der Waals surface area contributed by atoms with Crippen LogP contribution in [0.25, 0.3) is 0 Å². The molecule has 0 aromatic heterocycles. The zero-order chi connectivity index (χ0) is 12.5. The van der Waals surface area contributed by atoms with Gasteiger partial charge in [0.05, 0.1) is 13.7 Å². The van der Waals surface area contributed by atoms with Gasteiger partial charge in [0.15, 0.2) is 0 Å². The van der Waals surface area contributed by atoms with E-state index in [0.717, 1.165) is 13.2 Å². The number of esters is 1. The Kier molecular flexibility index (Phi) is 7.21. The fraction of sp³-hybridized carbons (Fsp3) is 0.923. The molecule has 4 heteroatoms. The van der Waals surface area contributed by atoms with E-state index in [2.05, 4.69) is 5.32 Å². The van der Waals surface area contributed by atoms with Crippen LogP contribution in [0.3, 0.4) is 0 Å². The molecule has 0 spiro atoms. The predicted octanol–water partition coefficient (Wildman–Crippen LogP) is 1.73. The highest BCUT2D eigenvalue weighted by Crippen LogP contribution is 2.23. The second-order valence-electron chi connectivity index (χ2n) is 4.67. The topological polar surface area (TPSA) is 47.6 Å². The van der Waals surface area contributed by atoms with Gasteiger partial charge in [0.2, 0.25) is 0 Å². The lowest BCUT2D eigenvalue weighted by Gasteiger charge is -2.22. The summed E-state index contributed by atoms with van der Waals surface area (Å²) in [7, 11) is 1.41. The number of hydrogen-bond acceptors (Lipinski definition) is 4. The molecule has 1 N–H and O–H groups in total. The first-order valence-electron chi connectivity index (χ1n) is 6.66. The van der Waals surface area contributed by atoms with Crippen molar-refractivity contribution in [1.29, 1.82) is 0 Å². The number of hydrogen-bond donors (Lipinski definition) is 1. The van der Waals surface area contributed by atoms with E-state index in [1.165, 1.54) is 39.2 Å².